The molecule has 0 aliphatic heterocycles. The Labute approximate surface area is 176 Å². The summed E-state index contributed by atoms with van der Waals surface area (Å²) in [6.45, 7) is 8.47. The smallest absolute Gasteiger partial charge is 0.0808 e. The molecule has 28 heavy (non-hydrogen) atoms. The Bertz CT molecular complexity index is 1180. The maximum Gasteiger partial charge on any atom is 0.0808 e. The summed E-state index contributed by atoms with van der Waals surface area (Å²) < 4.78 is 0. The van der Waals surface area contributed by atoms with Crippen LogP contribution in [-0.4, -0.2) is 4.98 Å². The van der Waals surface area contributed by atoms with E-state index in [0.717, 1.165) is 33.3 Å². The van der Waals surface area contributed by atoms with Gasteiger partial charge in [-0.1, -0.05) is 65.7 Å². The van der Waals surface area contributed by atoms with Crippen molar-refractivity contribution in [1.29, 1.82) is 0 Å². The molecule has 140 valence electrons. The first-order valence-corrected chi connectivity index (χ1v) is 10.1. The van der Waals surface area contributed by atoms with Crippen LogP contribution in [0.5, 0.6) is 0 Å². The zero-order chi connectivity index (χ0) is 20.0. The Hall–Kier alpha value is -2.35. The molecule has 0 amide bonds. The van der Waals surface area contributed by atoms with Crippen LogP contribution < -0.4 is 0 Å². The van der Waals surface area contributed by atoms with Crippen LogP contribution in [0.1, 0.15) is 22.3 Å². The third-order valence-electron chi connectivity index (χ3n) is 5.35. The molecule has 0 bridgehead atoms. The Balaban J connectivity index is 2.25. The molecule has 1 nitrogen and oxygen atoms in total. The second kappa shape index (κ2) is 7.24. The number of pyridine rings is 1. The molecule has 0 unspecified atom stereocenters. The van der Waals surface area contributed by atoms with Crippen LogP contribution in [0.25, 0.3) is 33.3 Å². The van der Waals surface area contributed by atoms with Crippen molar-refractivity contribution in [1.82, 2.24) is 4.98 Å². The van der Waals surface area contributed by atoms with Crippen LogP contribution in [0.3, 0.4) is 0 Å². The maximum absolute atomic E-state index is 7.06. The lowest BCUT2D eigenvalue weighted by Gasteiger charge is -2.20. The van der Waals surface area contributed by atoms with Crippen molar-refractivity contribution in [3.63, 3.8) is 0 Å². The largest absolute Gasteiger partial charge is 0.247 e. The Morgan fingerprint density at radius 1 is 0.607 bits per heavy atom. The molecule has 0 saturated carbocycles. The summed E-state index contributed by atoms with van der Waals surface area (Å²) in [5.41, 5.74) is 9.62. The maximum atomic E-state index is 7.06. The van der Waals surface area contributed by atoms with E-state index in [4.69, 9.17) is 28.2 Å². The van der Waals surface area contributed by atoms with Gasteiger partial charge in [0.2, 0.25) is 0 Å². The Morgan fingerprint density at radius 3 is 1.68 bits per heavy atom. The number of rotatable bonds is 2. The number of nitrogens with zero attached hydrogens (tertiary/aromatic N) is 1. The first kappa shape index (κ1) is 19.0. The van der Waals surface area contributed by atoms with Crippen LogP contribution in [0.4, 0.5) is 0 Å². The highest BCUT2D eigenvalue weighted by molar-refractivity contribution is 6.44. The van der Waals surface area contributed by atoms with Crippen molar-refractivity contribution in [2.45, 2.75) is 27.7 Å². The summed E-state index contributed by atoms with van der Waals surface area (Å²) >= 11 is 13.6. The summed E-state index contributed by atoms with van der Waals surface area (Å²) in [6, 6.07) is 18.4. The minimum atomic E-state index is 0.621. The standard InChI is InChI=1S/C25H21Cl2N/c1-14-8-5-9-15(2)20(14)23-24(27)22-18(26)12-7-13-19(22)28-25(23)21-16(3)10-6-11-17(21)4/h5-13H,1-4H3. The molecule has 0 aliphatic carbocycles. The lowest BCUT2D eigenvalue weighted by Crippen LogP contribution is -1.99. The fourth-order valence-electron chi connectivity index (χ4n) is 4.03. The summed E-state index contributed by atoms with van der Waals surface area (Å²) in [4.78, 5) is 5.08. The van der Waals surface area contributed by atoms with Gasteiger partial charge in [0.25, 0.3) is 0 Å². The second-order valence-electron chi connectivity index (χ2n) is 7.32. The lowest BCUT2D eigenvalue weighted by atomic mass is 9.88. The fraction of sp³-hybridized carbons (Fsp3) is 0.160. The molecule has 0 atom stereocenters. The zero-order valence-corrected chi connectivity index (χ0v) is 17.9. The highest BCUT2D eigenvalue weighted by Gasteiger charge is 2.22. The third kappa shape index (κ3) is 2.99. The van der Waals surface area contributed by atoms with Gasteiger partial charge < -0.3 is 0 Å². The molecule has 0 saturated heterocycles. The quantitative estimate of drug-likeness (QED) is 0.328. The lowest BCUT2D eigenvalue weighted by molar-refractivity contribution is 1.30. The average molecular weight is 406 g/mol. The van der Waals surface area contributed by atoms with Gasteiger partial charge >= 0.3 is 0 Å². The molecular weight excluding hydrogens is 385 g/mol. The number of fused-ring (bicyclic) bond motifs is 1. The molecule has 0 fully saturated rings. The highest BCUT2D eigenvalue weighted by Crippen LogP contribution is 2.45. The van der Waals surface area contributed by atoms with Gasteiger partial charge in [0.1, 0.15) is 0 Å². The zero-order valence-electron chi connectivity index (χ0n) is 16.4. The molecule has 0 aliphatic rings. The van der Waals surface area contributed by atoms with E-state index >= 15 is 0 Å². The van der Waals surface area contributed by atoms with Gasteiger partial charge in [-0.3, -0.25) is 0 Å². The van der Waals surface area contributed by atoms with E-state index in [-0.39, 0.29) is 0 Å². The van der Waals surface area contributed by atoms with E-state index in [1.807, 2.05) is 18.2 Å². The molecule has 4 rings (SSSR count). The van der Waals surface area contributed by atoms with Gasteiger partial charge in [0.05, 0.1) is 21.3 Å². The van der Waals surface area contributed by atoms with E-state index in [1.54, 1.807) is 0 Å². The van der Waals surface area contributed by atoms with Gasteiger partial charge in [-0.05, 0) is 67.6 Å². The number of hydrogen-bond donors (Lipinski definition) is 0. The second-order valence-corrected chi connectivity index (χ2v) is 8.10. The van der Waals surface area contributed by atoms with E-state index in [0.29, 0.717) is 10.0 Å². The highest BCUT2D eigenvalue weighted by atomic mass is 35.5. The normalized spacial score (nSPS) is 11.2. The van der Waals surface area contributed by atoms with Crippen LogP contribution in [0, 0.1) is 27.7 Å². The van der Waals surface area contributed by atoms with Gasteiger partial charge in [-0.15, -0.1) is 0 Å². The summed E-state index contributed by atoms with van der Waals surface area (Å²) in [6.07, 6.45) is 0. The molecule has 4 aromatic rings. The van der Waals surface area contributed by atoms with Crippen molar-refractivity contribution < 1.29 is 0 Å². The SMILES string of the molecule is Cc1cccc(C)c1-c1nc2cccc(Cl)c2c(Cl)c1-c1c(C)cccc1C. The van der Waals surface area contributed by atoms with Crippen LogP contribution >= 0.6 is 23.2 Å². The minimum Gasteiger partial charge on any atom is -0.247 e. The minimum absolute atomic E-state index is 0.621. The topological polar surface area (TPSA) is 12.9 Å². The average Bonchev–Trinajstić information content (AvgIpc) is 2.63. The molecule has 1 heterocycles. The van der Waals surface area contributed by atoms with Crippen LogP contribution in [0.2, 0.25) is 10.0 Å². The molecule has 1 aromatic heterocycles. The number of aromatic nitrogens is 1. The third-order valence-corrected chi connectivity index (χ3v) is 6.04. The molecule has 3 aromatic carbocycles. The van der Waals surface area contributed by atoms with E-state index in [9.17, 15) is 0 Å². The number of halogens is 2. The first-order valence-electron chi connectivity index (χ1n) is 9.31. The van der Waals surface area contributed by atoms with Gasteiger partial charge in [0, 0.05) is 16.5 Å². The monoisotopic (exact) mass is 405 g/mol. The summed E-state index contributed by atoms with van der Waals surface area (Å²) in [5, 5.41) is 2.08. The Morgan fingerprint density at radius 2 is 1.11 bits per heavy atom. The van der Waals surface area contributed by atoms with Crippen molar-refractivity contribution in [2.75, 3.05) is 0 Å². The molecule has 0 spiro atoms. The summed E-state index contributed by atoms with van der Waals surface area (Å²) in [7, 11) is 0. The number of benzene rings is 3. The van der Waals surface area contributed by atoms with Crippen molar-refractivity contribution >= 4 is 34.1 Å². The van der Waals surface area contributed by atoms with Crippen molar-refractivity contribution in [2.24, 2.45) is 0 Å². The van der Waals surface area contributed by atoms with Crippen LogP contribution in [0.15, 0.2) is 54.6 Å². The van der Waals surface area contributed by atoms with Crippen molar-refractivity contribution in [3.05, 3.63) is 86.9 Å². The molecule has 0 N–H and O–H groups in total. The molecule has 3 heteroatoms. The van der Waals surface area contributed by atoms with E-state index in [1.165, 1.54) is 22.3 Å². The molecule has 0 radical (unpaired) electrons. The van der Waals surface area contributed by atoms with Gasteiger partial charge in [-0.2, -0.15) is 0 Å². The number of hydrogen-bond acceptors (Lipinski definition) is 1. The van der Waals surface area contributed by atoms with Crippen LogP contribution in [-0.2, 0) is 0 Å². The molecular formula is C25H21Cl2N. The summed E-state index contributed by atoms with van der Waals surface area (Å²) in [5.74, 6) is 0. The van der Waals surface area contributed by atoms with Gasteiger partial charge in [0.15, 0.2) is 0 Å². The van der Waals surface area contributed by atoms with E-state index < -0.39 is 0 Å². The number of aryl methyl sites for hydroxylation is 4. The fourth-order valence-corrected chi connectivity index (χ4v) is 4.73. The van der Waals surface area contributed by atoms with Gasteiger partial charge in [-0.25, -0.2) is 4.98 Å². The Kier molecular flexibility index (Phi) is 4.91. The predicted octanol–water partition coefficient (Wildman–Crippen LogP) is 8.11. The van der Waals surface area contributed by atoms with E-state index in [2.05, 4.69) is 64.1 Å². The van der Waals surface area contributed by atoms with Crippen molar-refractivity contribution in [3.8, 4) is 22.4 Å². The predicted molar refractivity (Wildman–Crippen MR) is 122 cm³/mol. The first-order chi connectivity index (χ1) is 13.4.